The molecule has 0 saturated carbocycles. The highest BCUT2D eigenvalue weighted by Gasteiger charge is 2.14. The third-order valence-electron chi connectivity index (χ3n) is 2.95. The Hall–Kier alpha value is -1.01. The van der Waals surface area contributed by atoms with Crippen molar-refractivity contribution in [1.82, 2.24) is 4.98 Å². The van der Waals surface area contributed by atoms with Crippen molar-refractivity contribution in [3.8, 4) is 0 Å². The summed E-state index contributed by atoms with van der Waals surface area (Å²) in [5, 5.41) is 9.74. The molecule has 2 atom stereocenters. The summed E-state index contributed by atoms with van der Waals surface area (Å²) >= 11 is 5.68. The van der Waals surface area contributed by atoms with Crippen molar-refractivity contribution < 1.29 is 9.90 Å². The Morgan fingerprint density at radius 1 is 1.42 bits per heavy atom. The Balaban J connectivity index is 2.32. The Labute approximate surface area is 118 Å². The molecule has 0 aliphatic heterocycles. The second-order valence-corrected chi connectivity index (χ2v) is 4.92. The maximum absolute atomic E-state index is 11.8. The summed E-state index contributed by atoms with van der Waals surface area (Å²) in [6, 6.07) is 2.99. The lowest BCUT2D eigenvalue weighted by atomic mass is 10.00. The smallest absolute Gasteiger partial charge is 0.149 e. The van der Waals surface area contributed by atoms with Crippen LogP contribution in [-0.2, 0) is 11.2 Å². The molecule has 0 spiro atoms. The third-order valence-corrected chi connectivity index (χ3v) is 3.17. The van der Waals surface area contributed by atoms with Gasteiger partial charge in [0, 0.05) is 19.2 Å². The van der Waals surface area contributed by atoms with Gasteiger partial charge in [-0.05, 0) is 30.9 Å². The summed E-state index contributed by atoms with van der Waals surface area (Å²) in [5.74, 6) is -0.0147. The van der Waals surface area contributed by atoms with E-state index in [0.29, 0.717) is 30.8 Å². The van der Waals surface area contributed by atoms with Gasteiger partial charge < -0.3 is 16.6 Å². The Bertz CT molecular complexity index is 397. The van der Waals surface area contributed by atoms with Gasteiger partial charge in [0.15, 0.2) is 0 Å². The molecule has 0 fully saturated rings. The molecule has 19 heavy (non-hydrogen) atoms. The quantitative estimate of drug-likeness (QED) is 0.609. The number of hydrogen-bond acceptors (Lipinski definition) is 5. The average molecular weight is 286 g/mol. The zero-order chi connectivity index (χ0) is 14.3. The molecule has 1 aromatic heterocycles. The second-order valence-electron chi connectivity index (χ2n) is 4.53. The molecule has 1 rings (SSSR count). The number of carbonyl (C=O) groups excluding carboxylic acids is 1. The summed E-state index contributed by atoms with van der Waals surface area (Å²) in [4.78, 5) is 15.7. The number of ketones is 1. The van der Waals surface area contributed by atoms with Gasteiger partial charge in [-0.25, -0.2) is 4.98 Å². The third kappa shape index (κ3) is 6.11. The highest BCUT2D eigenvalue weighted by Crippen LogP contribution is 2.09. The predicted molar refractivity (Wildman–Crippen MR) is 74.8 cm³/mol. The van der Waals surface area contributed by atoms with Crippen LogP contribution in [0.4, 0.5) is 0 Å². The van der Waals surface area contributed by atoms with Gasteiger partial charge in [0.1, 0.15) is 10.9 Å². The van der Waals surface area contributed by atoms with Crippen LogP contribution in [0.5, 0.6) is 0 Å². The number of Topliss-reactive ketones (excluding diaryl/α,β-unsaturated/α-hetero) is 1. The molecular weight excluding hydrogens is 266 g/mol. The molecule has 0 amide bonds. The van der Waals surface area contributed by atoms with Crippen LogP contribution in [0.2, 0.25) is 5.15 Å². The summed E-state index contributed by atoms with van der Waals surface area (Å²) in [5.41, 5.74) is 12.0. The molecule has 106 valence electrons. The van der Waals surface area contributed by atoms with Crippen molar-refractivity contribution in [1.29, 1.82) is 0 Å². The Kier molecular flexibility index (Phi) is 6.94. The standard InChI is InChI=1S/C13H20ClN3O2/c14-13-6-2-9(8-17-13)1-5-12(19)11(16)4-3-10(18)7-15/h2,6,8,10-11,18H,1,3-5,7,15-16H2. The fourth-order valence-corrected chi connectivity index (χ4v) is 1.77. The lowest BCUT2D eigenvalue weighted by molar-refractivity contribution is -0.120. The van der Waals surface area contributed by atoms with Gasteiger partial charge in [-0.15, -0.1) is 0 Å². The number of nitrogens with zero attached hydrogens (tertiary/aromatic N) is 1. The van der Waals surface area contributed by atoms with Gasteiger partial charge in [0.05, 0.1) is 12.1 Å². The van der Waals surface area contributed by atoms with E-state index in [-0.39, 0.29) is 12.3 Å². The predicted octanol–water partition coefficient (Wildman–Crippen LogP) is 0.664. The molecule has 0 aromatic carbocycles. The summed E-state index contributed by atoms with van der Waals surface area (Å²) < 4.78 is 0. The van der Waals surface area contributed by atoms with E-state index in [2.05, 4.69) is 4.98 Å². The molecule has 0 saturated heterocycles. The van der Waals surface area contributed by atoms with Crippen molar-refractivity contribution in [2.24, 2.45) is 11.5 Å². The normalized spacial score (nSPS) is 14.1. The minimum Gasteiger partial charge on any atom is -0.392 e. The van der Waals surface area contributed by atoms with Crippen LogP contribution >= 0.6 is 11.6 Å². The Morgan fingerprint density at radius 3 is 2.74 bits per heavy atom. The van der Waals surface area contributed by atoms with E-state index in [1.165, 1.54) is 0 Å². The minimum absolute atomic E-state index is 0.0147. The second kappa shape index (κ2) is 8.22. The number of rotatable bonds is 8. The zero-order valence-corrected chi connectivity index (χ0v) is 11.5. The topological polar surface area (TPSA) is 102 Å². The van der Waals surface area contributed by atoms with Crippen molar-refractivity contribution in [3.05, 3.63) is 29.0 Å². The van der Waals surface area contributed by atoms with E-state index in [1.807, 2.05) is 6.07 Å². The van der Waals surface area contributed by atoms with Gasteiger partial charge in [-0.2, -0.15) is 0 Å². The highest BCUT2D eigenvalue weighted by atomic mass is 35.5. The minimum atomic E-state index is -0.584. The molecule has 5 nitrogen and oxygen atoms in total. The summed E-state index contributed by atoms with van der Waals surface area (Å²) in [6.07, 6.45) is 2.93. The van der Waals surface area contributed by atoms with Crippen LogP contribution in [0.15, 0.2) is 18.3 Å². The summed E-state index contributed by atoms with van der Waals surface area (Å²) in [6.45, 7) is 0.192. The first-order valence-corrected chi connectivity index (χ1v) is 6.67. The molecule has 6 heteroatoms. The van der Waals surface area contributed by atoms with Crippen LogP contribution in [0.3, 0.4) is 0 Å². The van der Waals surface area contributed by atoms with E-state index in [1.54, 1.807) is 12.3 Å². The first kappa shape index (κ1) is 16.0. The number of aryl methyl sites for hydroxylation is 1. The maximum Gasteiger partial charge on any atom is 0.149 e. The molecule has 5 N–H and O–H groups in total. The molecule has 0 radical (unpaired) electrons. The van der Waals surface area contributed by atoms with E-state index < -0.39 is 12.1 Å². The monoisotopic (exact) mass is 285 g/mol. The molecule has 1 heterocycles. The lowest BCUT2D eigenvalue weighted by Gasteiger charge is -2.12. The molecule has 1 aromatic rings. The molecule has 2 unspecified atom stereocenters. The van der Waals surface area contributed by atoms with Gasteiger partial charge in [0.2, 0.25) is 0 Å². The number of nitrogens with two attached hydrogens (primary N) is 2. The van der Waals surface area contributed by atoms with E-state index in [9.17, 15) is 9.90 Å². The number of aliphatic hydroxyl groups is 1. The highest BCUT2D eigenvalue weighted by molar-refractivity contribution is 6.29. The number of aliphatic hydroxyl groups excluding tert-OH is 1. The number of aromatic nitrogens is 1. The SMILES string of the molecule is NCC(O)CCC(N)C(=O)CCc1ccc(Cl)nc1. The van der Waals surface area contributed by atoms with Gasteiger partial charge in [-0.1, -0.05) is 17.7 Å². The van der Waals surface area contributed by atoms with E-state index >= 15 is 0 Å². The van der Waals surface area contributed by atoms with Crippen LogP contribution in [0.25, 0.3) is 0 Å². The van der Waals surface area contributed by atoms with Gasteiger partial charge >= 0.3 is 0 Å². The first-order valence-electron chi connectivity index (χ1n) is 6.29. The van der Waals surface area contributed by atoms with Crippen LogP contribution in [-0.4, -0.2) is 34.6 Å². The van der Waals surface area contributed by atoms with E-state index in [4.69, 9.17) is 23.1 Å². The zero-order valence-electron chi connectivity index (χ0n) is 10.8. The number of hydrogen-bond donors (Lipinski definition) is 3. The van der Waals surface area contributed by atoms with Crippen molar-refractivity contribution in [2.45, 2.75) is 37.8 Å². The van der Waals surface area contributed by atoms with Crippen molar-refractivity contribution in [3.63, 3.8) is 0 Å². The lowest BCUT2D eigenvalue weighted by Crippen LogP contribution is -2.32. The number of halogens is 1. The van der Waals surface area contributed by atoms with E-state index in [0.717, 1.165) is 5.56 Å². The first-order chi connectivity index (χ1) is 9.02. The molecule has 0 bridgehead atoms. The number of carbonyl (C=O) groups is 1. The Morgan fingerprint density at radius 2 is 2.16 bits per heavy atom. The maximum atomic E-state index is 11.8. The van der Waals surface area contributed by atoms with Crippen molar-refractivity contribution in [2.75, 3.05) is 6.54 Å². The van der Waals surface area contributed by atoms with Crippen LogP contribution < -0.4 is 11.5 Å². The number of pyridine rings is 1. The van der Waals surface area contributed by atoms with Gasteiger partial charge in [0.25, 0.3) is 0 Å². The molecular formula is C13H20ClN3O2. The molecule has 0 aliphatic carbocycles. The summed E-state index contributed by atoms with van der Waals surface area (Å²) in [7, 11) is 0. The van der Waals surface area contributed by atoms with Crippen LogP contribution in [0, 0.1) is 0 Å². The molecule has 0 aliphatic rings. The van der Waals surface area contributed by atoms with Crippen LogP contribution in [0.1, 0.15) is 24.8 Å². The largest absolute Gasteiger partial charge is 0.392 e. The fourth-order valence-electron chi connectivity index (χ4n) is 1.66. The van der Waals surface area contributed by atoms with Gasteiger partial charge in [-0.3, -0.25) is 4.79 Å². The van der Waals surface area contributed by atoms with Crippen molar-refractivity contribution >= 4 is 17.4 Å². The fraction of sp³-hybridized carbons (Fsp3) is 0.538. The average Bonchev–Trinajstić information content (AvgIpc) is 2.43.